The van der Waals surface area contributed by atoms with E-state index in [1.54, 1.807) is 18.5 Å². The number of ether oxygens (including phenoxy) is 1. The van der Waals surface area contributed by atoms with E-state index in [2.05, 4.69) is 39.1 Å². The van der Waals surface area contributed by atoms with Gasteiger partial charge in [-0.3, -0.25) is 4.98 Å². The van der Waals surface area contributed by atoms with Crippen molar-refractivity contribution in [2.24, 2.45) is 0 Å². The fourth-order valence-corrected chi connectivity index (χ4v) is 3.65. The molecule has 1 saturated heterocycles. The molecule has 0 amide bonds. The summed E-state index contributed by atoms with van der Waals surface area (Å²) in [7, 11) is 0. The SMILES string of the molecule is N#Cc1ccncc1N1CCOc2cc(N3CCCCC3)ccc2C1. The monoisotopic (exact) mass is 334 g/mol. The molecule has 1 aromatic heterocycles. The third kappa shape index (κ3) is 3.25. The zero-order valence-corrected chi connectivity index (χ0v) is 14.3. The topological polar surface area (TPSA) is 52.4 Å². The van der Waals surface area contributed by atoms with Crippen molar-refractivity contribution in [2.75, 3.05) is 36.0 Å². The zero-order chi connectivity index (χ0) is 17.1. The van der Waals surface area contributed by atoms with Crippen molar-refractivity contribution in [3.63, 3.8) is 0 Å². The van der Waals surface area contributed by atoms with E-state index in [1.807, 2.05) is 0 Å². The number of nitrogens with zero attached hydrogens (tertiary/aromatic N) is 4. The molecule has 5 heteroatoms. The van der Waals surface area contributed by atoms with Crippen LogP contribution in [0.25, 0.3) is 0 Å². The number of nitriles is 1. The Balaban J connectivity index is 1.60. The summed E-state index contributed by atoms with van der Waals surface area (Å²) in [5.74, 6) is 0.966. The van der Waals surface area contributed by atoms with Crippen molar-refractivity contribution in [1.82, 2.24) is 4.98 Å². The van der Waals surface area contributed by atoms with Crippen molar-refractivity contribution in [3.05, 3.63) is 47.8 Å². The number of hydrogen-bond donors (Lipinski definition) is 0. The Morgan fingerprint density at radius 1 is 1.04 bits per heavy atom. The quantitative estimate of drug-likeness (QED) is 0.843. The number of piperidine rings is 1. The van der Waals surface area contributed by atoms with Crippen LogP contribution in [0.2, 0.25) is 0 Å². The summed E-state index contributed by atoms with van der Waals surface area (Å²) in [6.45, 7) is 4.35. The van der Waals surface area contributed by atoms with Gasteiger partial charge in [-0.25, -0.2) is 0 Å². The van der Waals surface area contributed by atoms with Gasteiger partial charge in [0.2, 0.25) is 0 Å². The average molecular weight is 334 g/mol. The number of hydrogen-bond acceptors (Lipinski definition) is 5. The van der Waals surface area contributed by atoms with E-state index in [-0.39, 0.29) is 0 Å². The minimum absolute atomic E-state index is 0.607. The maximum atomic E-state index is 9.35. The highest BCUT2D eigenvalue weighted by Gasteiger charge is 2.20. The molecule has 2 aliphatic rings. The number of fused-ring (bicyclic) bond motifs is 1. The fourth-order valence-electron chi connectivity index (χ4n) is 3.65. The Bertz CT molecular complexity index is 793. The summed E-state index contributed by atoms with van der Waals surface area (Å²) in [5.41, 5.74) is 3.95. The van der Waals surface area contributed by atoms with E-state index in [0.29, 0.717) is 12.2 Å². The molecule has 1 aromatic carbocycles. The van der Waals surface area contributed by atoms with Gasteiger partial charge in [0.1, 0.15) is 18.4 Å². The lowest BCUT2D eigenvalue weighted by atomic mass is 10.1. The van der Waals surface area contributed by atoms with Crippen LogP contribution in [0.15, 0.2) is 36.7 Å². The first-order valence-electron chi connectivity index (χ1n) is 8.95. The minimum atomic E-state index is 0.607. The van der Waals surface area contributed by atoms with Gasteiger partial charge >= 0.3 is 0 Å². The van der Waals surface area contributed by atoms with Crippen molar-refractivity contribution in [3.8, 4) is 11.8 Å². The molecule has 0 radical (unpaired) electrons. The van der Waals surface area contributed by atoms with E-state index in [4.69, 9.17) is 4.74 Å². The third-order valence-corrected chi connectivity index (χ3v) is 5.01. The van der Waals surface area contributed by atoms with Gasteiger partial charge in [-0.15, -0.1) is 0 Å². The zero-order valence-electron chi connectivity index (χ0n) is 14.3. The lowest BCUT2D eigenvalue weighted by Gasteiger charge is -2.29. The van der Waals surface area contributed by atoms with E-state index in [0.717, 1.165) is 43.2 Å². The van der Waals surface area contributed by atoms with Crippen LogP contribution in [-0.2, 0) is 6.54 Å². The van der Waals surface area contributed by atoms with Gasteiger partial charge in [-0.05, 0) is 31.4 Å². The maximum Gasteiger partial charge on any atom is 0.126 e. The van der Waals surface area contributed by atoms with Gasteiger partial charge in [-0.2, -0.15) is 5.26 Å². The van der Waals surface area contributed by atoms with E-state index >= 15 is 0 Å². The second-order valence-electron chi connectivity index (χ2n) is 6.61. The molecule has 0 aliphatic carbocycles. The molecule has 128 valence electrons. The van der Waals surface area contributed by atoms with Crippen LogP contribution < -0.4 is 14.5 Å². The first kappa shape index (κ1) is 15.8. The van der Waals surface area contributed by atoms with Crippen LogP contribution in [-0.4, -0.2) is 31.2 Å². The summed E-state index contributed by atoms with van der Waals surface area (Å²) < 4.78 is 6.03. The molecular formula is C20H22N4O. The second kappa shape index (κ2) is 7.02. The largest absolute Gasteiger partial charge is 0.491 e. The third-order valence-electron chi connectivity index (χ3n) is 5.01. The van der Waals surface area contributed by atoms with Gasteiger partial charge in [0.25, 0.3) is 0 Å². The highest BCUT2D eigenvalue weighted by atomic mass is 16.5. The predicted octanol–water partition coefficient (Wildman–Crippen LogP) is 3.34. The summed E-state index contributed by atoms with van der Waals surface area (Å²) in [4.78, 5) is 8.82. The number of anilines is 2. The van der Waals surface area contributed by atoms with Crippen molar-refractivity contribution >= 4 is 11.4 Å². The molecule has 2 aliphatic heterocycles. The first-order valence-corrected chi connectivity index (χ1v) is 8.95. The van der Waals surface area contributed by atoms with Crippen LogP contribution in [0, 0.1) is 11.3 Å². The lowest BCUT2D eigenvalue weighted by Crippen LogP contribution is -2.29. The van der Waals surface area contributed by atoms with Gasteiger partial charge in [0.05, 0.1) is 24.0 Å². The minimum Gasteiger partial charge on any atom is -0.491 e. The number of aromatic nitrogens is 1. The molecule has 2 aromatic rings. The van der Waals surface area contributed by atoms with Gasteiger partial charge in [0.15, 0.2) is 0 Å². The van der Waals surface area contributed by atoms with E-state index < -0.39 is 0 Å². The Hall–Kier alpha value is -2.74. The first-order chi connectivity index (χ1) is 12.3. The average Bonchev–Trinajstić information content (AvgIpc) is 2.90. The smallest absolute Gasteiger partial charge is 0.126 e. The Morgan fingerprint density at radius 2 is 1.92 bits per heavy atom. The molecular weight excluding hydrogens is 312 g/mol. The summed E-state index contributed by atoms with van der Waals surface area (Å²) in [6.07, 6.45) is 7.30. The van der Waals surface area contributed by atoms with E-state index in [9.17, 15) is 5.26 Å². The van der Waals surface area contributed by atoms with Crippen molar-refractivity contribution < 1.29 is 4.74 Å². The second-order valence-corrected chi connectivity index (χ2v) is 6.61. The molecule has 0 bridgehead atoms. The summed E-state index contributed by atoms with van der Waals surface area (Å²) in [5, 5.41) is 9.35. The summed E-state index contributed by atoms with van der Waals surface area (Å²) in [6, 6.07) is 10.6. The number of rotatable bonds is 2. The number of benzene rings is 1. The Labute approximate surface area is 148 Å². The molecule has 0 N–H and O–H groups in total. The molecule has 0 spiro atoms. The molecule has 3 heterocycles. The van der Waals surface area contributed by atoms with Gasteiger partial charge in [-0.1, -0.05) is 6.07 Å². The van der Waals surface area contributed by atoms with Crippen molar-refractivity contribution in [1.29, 1.82) is 5.26 Å². The number of pyridine rings is 1. The van der Waals surface area contributed by atoms with Crippen molar-refractivity contribution in [2.45, 2.75) is 25.8 Å². The van der Waals surface area contributed by atoms with Crippen LogP contribution >= 0.6 is 0 Å². The molecule has 1 fully saturated rings. The standard InChI is InChI=1S/C20H22N4O/c21-13-16-6-7-22-14-19(16)24-10-11-25-20-12-18(5-4-17(20)15-24)23-8-2-1-3-9-23/h4-7,12,14H,1-3,8-11,15H2. The van der Waals surface area contributed by atoms with E-state index in [1.165, 1.54) is 24.9 Å². The predicted molar refractivity (Wildman–Crippen MR) is 98.0 cm³/mol. The molecule has 0 unspecified atom stereocenters. The molecule has 0 saturated carbocycles. The van der Waals surface area contributed by atoms with Gasteiger partial charge in [0, 0.05) is 43.1 Å². The molecule has 4 rings (SSSR count). The highest BCUT2D eigenvalue weighted by molar-refractivity contribution is 5.60. The molecule has 25 heavy (non-hydrogen) atoms. The maximum absolute atomic E-state index is 9.35. The summed E-state index contributed by atoms with van der Waals surface area (Å²) >= 11 is 0. The lowest BCUT2D eigenvalue weighted by molar-refractivity contribution is 0.331. The van der Waals surface area contributed by atoms with Gasteiger partial charge < -0.3 is 14.5 Å². The fraction of sp³-hybridized carbons (Fsp3) is 0.400. The van der Waals surface area contributed by atoms with Crippen LogP contribution in [0.1, 0.15) is 30.4 Å². The molecule has 0 atom stereocenters. The Kier molecular flexibility index (Phi) is 4.43. The normalized spacial score (nSPS) is 17.2. The Morgan fingerprint density at radius 3 is 2.76 bits per heavy atom. The molecule has 5 nitrogen and oxygen atoms in total. The van der Waals surface area contributed by atoms with Crippen LogP contribution in [0.4, 0.5) is 11.4 Å². The van der Waals surface area contributed by atoms with Crippen LogP contribution in [0.5, 0.6) is 5.75 Å². The van der Waals surface area contributed by atoms with Crippen LogP contribution in [0.3, 0.4) is 0 Å². The highest BCUT2D eigenvalue weighted by Crippen LogP contribution is 2.32.